The van der Waals surface area contributed by atoms with E-state index in [1.54, 1.807) is 0 Å². The van der Waals surface area contributed by atoms with Crippen LogP contribution in [0.4, 0.5) is 5.69 Å². The zero-order valence-electron chi connectivity index (χ0n) is 17.9. The quantitative estimate of drug-likeness (QED) is 0.397. The van der Waals surface area contributed by atoms with Gasteiger partial charge in [0.25, 0.3) is 17.5 Å². The van der Waals surface area contributed by atoms with Crippen LogP contribution in [-0.2, 0) is 6.61 Å². The van der Waals surface area contributed by atoms with Crippen LogP contribution >= 0.6 is 0 Å². The summed E-state index contributed by atoms with van der Waals surface area (Å²) in [6, 6.07) is 17.5. The largest absolute Gasteiger partial charge is 0.493 e. The normalized spacial score (nSPS) is 10.1. The summed E-state index contributed by atoms with van der Waals surface area (Å²) in [5.74, 6) is -0.518. The Hall–Kier alpha value is -4.60. The van der Waals surface area contributed by atoms with Gasteiger partial charge in [-0.05, 0) is 23.8 Å². The molecule has 2 amide bonds. The Bertz CT molecular complexity index is 1140. The second-order valence-corrected chi connectivity index (χ2v) is 6.70. The molecule has 0 aliphatic heterocycles. The molecule has 3 rings (SSSR count). The van der Waals surface area contributed by atoms with Gasteiger partial charge >= 0.3 is 0 Å². The molecule has 0 aromatic heterocycles. The molecule has 0 radical (unpaired) electrons. The third-order valence-electron chi connectivity index (χ3n) is 4.56. The number of ether oxygens (including phenoxy) is 3. The Balaban J connectivity index is 1.73. The molecule has 0 heterocycles. The number of carbonyl (C=O) groups is 2. The van der Waals surface area contributed by atoms with Crippen LogP contribution < -0.4 is 25.1 Å². The van der Waals surface area contributed by atoms with E-state index >= 15 is 0 Å². The van der Waals surface area contributed by atoms with E-state index < -0.39 is 16.7 Å². The lowest BCUT2D eigenvalue weighted by molar-refractivity contribution is -0.384. The average molecular weight is 451 g/mol. The van der Waals surface area contributed by atoms with Crippen molar-refractivity contribution < 1.29 is 28.7 Å². The molecule has 0 saturated heterocycles. The van der Waals surface area contributed by atoms with Crippen molar-refractivity contribution in [2.45, 2.75) is 6.61 Å². The van der Waals surface area contributed by atoms with Gasteiger partial charge in [-0.3, -0.25) is 30.6 Å². The number of benzene rings is 3. The molecule has 0 spiro atoms. The standard InChI is InChI=1S/C23H21N3O7/c1-31-19-12-17(13-20(32-2)21(19)33-14-15-7-4-3-5-8-15)23(28)25-24-22(27)16-9-6-10-18(11-16)26(29)30/h3-13H,14H2,1-2H3,(H,24,27)(H,25,28). The molecular weight excluding hydrogens is 430 g/mol. The number of rotatable bonds is 8. The van der Waals surface area contributed by atoms with Crippen molar-refractivity contribution in [3.63, 3.8) is 0 Å². The molecule has 0 bridgehead atoms. The number of nitro groups is 1. The van der Waals surface area contributed by atoms with Crippen LogP contribution in [0, 0.1) is 10.1 Å². The number of carbonyl (C=O) groups excluding carboxylic acids is 2. The van der Waals surface area contributed by atoms with Crippen LogP contribution in [0.2, 0.25) is 0 Å². The molecule has 10 nitrogen and oxygen atoms in total. The molecule has 0 aliphatic carbocycles. The minimum Gasteiger partial charge on any atom is -0.493 e. The Kier molecular flexibility index (Phi) is 7.43. The highest BCUT2D eigenvalue weighted by Gasteiger charge is 2.19. The van der Waals surface area contributed by atoms with Crippen LogP contribution in [0.25, 0.3) is 0 Å². The maximum atomic E-state index is 12.6. The molecule has 0 atom stereocenters. The van der Waals surface area contributed by atoms with E-state index in [4.69, 9.17) is 14.2 Å². The lowest BCUT2D eigenvalue weighted by Gasteiger charge is -2.16. The Morgan fingerprint density at radius 2 is 1.45 bits per heavy atom. The Morgan fingerprint density at radius 3 is 2.03 bits per heavy atom. The molecule has 0 aliphatic rings. The second kappa shape index (κ2) is 10.6. The number of non-ortho nitro benzene ring substituents is 1. The summed E-state index contributed by atoms with van der Waals surface area (Å²) < 4.78 is 16.6. The van der Waals surface area contributed by atoms with E-state index in [2.05, 4.69) is 10.9 Å². The monoisotopic (exact) mass is 451 g/mol. The predicted octanol–water partition coefficient (Wildman–Crippen LogP) is 3.27. The van der Waals surface area contributed by atoms with Crippen LogP contribution in [0.1, 0.15) is 26.3 Å². The first kappa shape index (κ1) is 23.1. The van der Waals surface area contributed by atoms with Gasteiger partial charge in [0, 0.05) is 23.3 Å². The van der Waals surface area contributed by atoms with E-state index in [-0.39, 0.29) is 34.9 Å². The first-order chi connectivity index (χ1) is 15.9. The molecular formula is C23H21N3O7. The number of hydrazine groups is 1. The number of nitrogens with one attached hydrogen (secondary N) is 2. The average Bonchev–Trinajstić information content (AvgIpc) is 2.85. The van der Waals surface area contributed by atoms with Crippen molar-refractivity contribution in [3.8, 4) is 17.2 Å². The van der Waals surface area contributed by atoms with Gasteiger partial charge in [-0.1, -0.05) is 36.4 Å². The van der Waals surface area contributed by atoms with Crippen molar-refractivity contribution in [3.05, 3.63) is 93.5 Å². The fourth-order valence-corrected chi connectivity index (χ4v) is 2.90. The summed E-state index contributed by atoms with van der Waals surface area (Å²) >= 11 is 0. The second-order valence-electron chi connectivity index (χ2n) is 6.70. The summed E-state index contributed by atoms with van der Waals surface area (Å²) in [4.78, 5) is 35.1. The maximum Gasteiger partial charge on any atom is 0.270 e. The predicted molar refractivity (Wildman–Crippen MR) is 118 cm³/mol. The highest BCUT2D eigenvalue weighted by molar-refractivity contribution is 6.00. The van der Waals surface area contributed by atoms with Crippen molar-refractivity contribution in [2.75, 3.05) is 14.2 Å². The van der Waals surface area contributed by atoms with Gasteiger partial charge in [-0.25, -0.2) is 0 Å². The summed E-state index contributed by atoms with van der Waals surface area (Å²) in [7, 11) is 2.85. The molecule has 0 saturated carbocycles. The van der Waals surface area contributed by atoms with E-state index in [9.17, 15) is 19.7 Å². The smallest absolute Gasteiger partial charge is 0.270 e. The molecule has 2 N–H and O–H groups in total. The summed E-state index contributed by atoms with van der Waals surface area (Å²) in [6.07, 6.45) is 0. The summed E-state index contributed by atoms with van der Waals surface area (Å²) in [6.45, 7) is 0.262. The highest BCUT2D eigenvalue weighted by Crippen LogP contribution is 2.39. The lowest BCUT2D eigenvalue weighted by Crippen LogP contribution is -2.41. The third-order valence-corrected chi connectivity index (χ3v) is 4.56. The Morgan fingerprint density at radius 1 is 0.848 bits per heavy atom. The van der Waals surface area contributed by atoms with Crippen LogP contribution in [0.15, 0.2) is 66.7 Å². The van der Waals surface area contributed by atoms with Gasteiger partial charge in [0.1, 0.15) is 6.61 Å². The lowest BCUT2D eigenvalue weighted by atomic mass is 10.1. The van der Waals surface area contributed by atoms with Crippen molar-refractivity contribution in [2.24, 2.45) is 0 Å². The fourth-order valence-electron chi connectivity index (χ4n) is 2.90. The Labute approximate surface area is 189 Å². The number of nitro benzene ring substituents is 1. The SMILES string of the molecule is COc1cc(C(=O)NNC(=O)c2cccc([N+](=O)[O-])c2)cc(OC)c1OCc1ccccc1. The zero-order chi connectivity index (χ0) is 23.8. The van der Waals surface area contributed by atoms with E-state index in [0.717, 1.165) is 11.6 Å². The fraction of sp³-hybridized carbons (Fsp3) is 0.130. The van der Waals surface area contributed by atoms with Gasteiger partial charge in [-0.15, -0.1) is 0 Å². The number of nitrogens with zero attached hydrogens (tertiary/aromatic N) is 1. The first-order valence-corrected chi connectivity index (χ1v) is 9.70. The number of methoxy groups -OCH3 is 2. The zero-order valence-corrected chi connectivity index (χ0v) is 17.9. The maximum absolute atomic E-state index is 12.6. The molecule has 3 aromatic carbocycles. The van der Waals surface area contributed by atoms with Crippen LogP contribution in [0.3, 0.4) is 0 Å². The topological polar surface area (TPSA) is 129 Å². The van der Waals surface area contributed by atoms with E-state index in [1.165, 1.54) is 44.6 Å². The number of amides is 2. The third kappa shape index (κ3) is 5.76. The van der Waals surface area contributed by atoms with Gasteiger partial charge in [-0.2, -0.15) is 0 Å². The summed E-state index contributed by atoms with van der Waals surface area (Å²) in [5.41, 5.74) is 5.34. The van der Waals surface area contributed by atoms with Crippen LogP contribution in [-0.4, -0.2) is 31.0 Å². The molecule has 33 heavy (non-hydrogen) atoms. The van der Waals surface area contributed by atoms with Gasteiger partial charge in [0.2, 0.25) is 5.75 Å². The van der Waals surface area contributed by atoms with Crippen molar-refractivity contribution >= 4 is 17.5 Å². The van der Waals surface area contributed by atoms with Gasteiger partial charge in [0.15, 0.2) is 11.5 Å². The van der Waals surface area contributed by atoms with E-state index in [1.807, 2.05) is 30.3 Å². The molecule has 10 heteroatoms. The first-order valence-electron chi connectivity index (χ1n) is 9.70. The van der Waals surface area contributed by atoms with Crippen molar-refractivity contribution in [1.29, 1.82) is 0 Å². The van der Waals surface area contributed by atoms with Crippen molar-refractivity contribution in [1.82, 2.24) is 10.9 Å². The number of hydrogen-bond donors (Lipinski definition) is 2. The van der Waals surface area contributed by atoms with Crippen LogP contribution in [0.5, 0.6) is 17.2 Å². The molecule has 3 aromatic rings. The number of hydrogen-bond acceptors (Lipinski definition) is 7. The molecule has 0 fully saturated rings. The summed E-state index contributed by atoms with van der Waals surface area (Å²) in [5, 5.41) is 10.9. The van der Waals surface area contributed by atoms with Gasteiger partial charge < -0.3 is 14.2 Å². The van der Waals surface area contributed by atoms with E-state index in [0.29, 0.717) is 5.75 Å². The minimum absolute atomic E-state index is 0.0179. The molecule has 0 unspecified atom stereocenters. The van der Waals surface area contributed by atoms with Gasteiger partial charge in [0.05, 0.1) is 19.1 Å². The minimum atomic E-state index is -0.714. The highest BCUT2D eigenvalue weighted by atomic mass is 16.6. The molecule has 170 valence electrons.